The minimum atomic E-state index is -0.356. The predicted molar refractivity (Wildman–Crippen MR) is 117 cm³/mol. The molecule has 2 aromatic carbocycles. The van der Waals surface area contributed by atoms with Crippen molar-refractivity contribution >= 4 is 28.9 Å². The number of benzene rings is 2. The topological polar surface area (TPSA) is 92.6 Å². The van der Waals surface area contributed by atoms with Gasteiger partial charge < -0.3 is 25.1 Å². The molecule has 7 nitrogen and oxygen atoms in total. The van der Waals surface area contributed by atoms with Gasteiger partial charge in [0.2, 0.25) is 5.91 Å². The second-order valence-electron chi connectivity index (χ2n) is 7.14. The van der Waals surface area contributed by atoms with E-state index in [1.165, 1.54) is 6.26 Å². The normalized spacial score (nSPS) is 10.5. The van der Waals surface area contributed by atoms with Crippen LogP contribution in [0, 0.1) is 5.92 Å². The molecule has 1 aromatic heterocycles. The highest BCUT2D eigenvalue weighted by molar-refractivity contribution is 6.02. The van der Waals surface area contributed by atoms with Gasteiger partial charge in [0.1, 0.15) is 5.75 Å². The molecule has 0 aliphatic heterocycles. The van der Waals surface area contributed by atoms with Gasteiger partial charge in [0, 0.05) is 17.1 Å². The van der Waals surface area contributed by atoms with Crippen LogP contribution >= 0.6 is 0 Å². The largest absolute Gasteiger partial charge is 0.493 e. The number of amides is 2. The Morgan fingerprint density at radius 2 is 1.67 bits per heavy atom. The van der Waals surface area contributed by atoms with Crippen molar-refractivity contribution in [2.75, 3.05) is 29.1 Å². The summed E-state index contributed by atoms with van der Waals surface area (Å²) < 4.78 is 10.7. The number of furan rings is 1. The van der Waals surface area contributed by atoms with Gasteiger partial charge in [-0.2, -0.15) is 0 Å². The zero-order chi connectivity index (χ0) is 21.3. The molecule has 156 valence electrons. The van der Waals surface area contributed by atoms with E-state index in [9.17, 15) is 9.59 Å². The zero-order valence-electron chi connectivity index (χ0n) is 17.0. The standard InChI is InChI=1S/C23H25N3O4/c1-16(2)15-30-20-10-8-17(9-11-20)24-14-22(27)25-18-5-3-6-19(13-18)26-23(28)21-7-4-12-29-21/h3-13,16,24H,14-15H2,1-2H3,(H,25,27)(H,26,28). The highest BCUT2D eigenvalue weighted by Gasteiger charge is 2.09. The maximum Gasteiger partial charge on any atom is 0.291 e. The number of hydrogen-bond acceptors (Lipinski definition) is 5. The SMILES string of the molecule is CC(C)COc1ccc(NCC(=O)Nc2cccc(NC(=O)c3ccco3)c2)cc1. The predicted octanol–water partition coefficient (Wildman–Crippen LogP) is 4.62. The van der Waals surface area contributed by atoms with E-state index in [1.54, 1.807) is 36.4 Å². The van der Waals surface area contributed by atoms with Crippen LogP contribution in [0.25, 0.3) is 0 Å². The Morgan fingerprint density at radius 1 is 0.933 bits per heavy atom. The lowest BCUT2D eigenvalue weighted by molar-refractivity contribution is -0.114. The molecule has 7 heteroatoms. The summed E-state index contributed by atoms with van der Waals surface area (Å²) in [6, 6.07) is 17.6. The molecule has 3 N–H and O–H groups in total. The minimum Gasteiger partial charge on any atom is -0.493 e. The number of carbonyl (C=O) groups is 2. The van der Waals surface area contributed by atoms with Crippen molar-refractivity contribution in [1.82, 2.24) is 0 Å². The van der Waals surface area contributed by atoms with E-state index < -0.39 is 0 Å². The van der Waals surface area contributed by atoms with Crippen LogP contribution in [0.3, 0.4) is 0 Å². The number of nitrogens with one attached hydrogen (secondary N) is 3. The fourth-order valence-corrected chi connectivity index (χ4v) is 2.59. The molecule has 3 rings (SSSR count). The molecule has 0 bridgehead atoms. The van der Waals surface area contributed by atoms with E-state index in [0.29, 0.717) is 23.9 Å². The molecule has 0 aliphatic carbocycles. The molecular weight excluding hydrogens is 382 g/mol. The summed E-state index contributed by atoms with van der Waals surface area (Å²) in [7, 11) is 0. The van der Waals surface area contributed by atoms with E-state index in [1.807, 2.05) is 24.3 Å². The second-order valence-corrected chi connectivity index (χ2v) is 7.14. The van der Waals surface area contributed by atoms with E-state index in [-0.39, 0.29) is 24.1 Å². The van der Waals surface area contributed by atoms with Crippen molar-refractivity contribution in [2.24, 2.45) is 5.92 Å². The Bertz CT molecular complexity index is 966. The van der Waals surface area contributed by atoms with E-state index in [0.717, 1.165) is 11.4 Å². The Hall–Kier alpha value is -3.74. The fourth-order valence-electron chi connectivity index (χ4n) is 2.59. The Balaban J connectivity index is 1.48. The quantitative estimate of drug-likeness (QED) is 0.481. The summed E-state index contributed by atoms with van der Waals surface area (Å²) in [4.78, 5) is 24.3. The molecule has 0 atom stereocenters. The van der Waals surface area contributed by atoms with Crippen LogP contribution in [-0.4, -0.2) is 25.0 Å². The van der Waals surface area contributed by atoms with Gasteiger partial charge in [0.25, 0.3) is 5.91 Å². The summed E-state index contributed by atoms with van der Waals surface area (Å²) in [5, 5.41) is 8.60. The molecule has 30 heavy (non-hydrogen) atoms. The smallest absolute Gasteiger partial charge is 0.291 e. The number of anilines is 3. The maximum absolute atomic E-state index is 12.2. The Morgan fingerprint density at radius 3 is 2.33 bits per heavy atom. The van der Waals surface area contributed by atoms with Gasteiger partial charge in [-0.15, -0.1) is 0 Å². The first kappa shape index (κ1) is 21.0. The summed E-state index contributed by atoms with van der Waals surface area (Å²) in [5.41, 5.74) is 1.96. The summed E-state index contributed by atoms with van der Waals surface area (Å²) in [5.74, 6) is 0.917. The lowest BCUT2D eigenvalue weighted by Crippen LogP contribution is -2.21. The third kappa shape index (κ3) is 6.41. The molecular formula is C23H25N3O4. The molecule has 0 aliphatic rings. The number of rotatable bonds is 9. The van der Waals surface area contributed by atoms with Gasteiger partial charge in [0.05, 0.1) is 19.4 Å². The lowest BCUT2D eigenvalue weighted by Gasteiger charge is -2.11. The van der Waals surface area contributed by atoms with Crippen molar-refractivity contribution in [2.45, 2.75) is 13.8 Å². The molecule has 0 unspecified atom stereocenters. The third-order valence-corrected chi connectivity index (χ3v) is 4.04. The average Bonchev–Trinajstić information content (AvgIpc) is 3.27. The van der Waals surface area contributed by atoms with Crippen molar-refractivity contribution in [1.29, 1.82) is 0 Å². The summed E-state index contributed by atoms with van der Waals surface area (Å²) in [6.45, 7) is 4.96. The monoisotopic (exact) mass is 407 g/mol. The van der Waals surface area contributed by atoms with E-state index in [2.05, 4.69) is 29.8 Å². The van der Waals surface area contributed by atoms with Crippen LogP contribution in [0.1, 0.15) is 24.4 Å². The van der Waals surface area contributed by atoms with Gasteiger partial charge in [-0.25, -0.2) is 0 Å². The van der Waals surface area contributed by atoms with Gasteiger partial charge >= 0.3 is 0 Å². The highest BCUT2D eigenvalue weighted by atomic mass is 16.5. The highest BCUT2D eigenvalue weighted by Crippen LogP contribution is 2.18. The first-order valence-corrected chi connectivity index (χ1v) is 9.71. The summed E-state index contributed by atoms with van der Waals surface area (Å²) in [6.07, 6.45) is 1.44. The van der Waals surface area contributed by atoms with Crippen molar-refractivity contribution in [3.05, 3.63) is 72.7 Å². The molecule has 2 amide bonds. The van der Waals surface area contributed by atoms with Gasteiger partial charge in [-0.1, -0.05) is 19.9 Å². The van der Waals surface area contributed by atoms with Crippen LogP contribution in [0.4, 0.5) is 17.1 Å². The molecule has 0 radical (unpaired) electrons. The molecule has 1 heterocycles. The van der Waals surface area contributed by atoms with Gasteiger partial charge in [-0.3, -0.25) is 9.59 Å². The lowest BCUT2D eigenvalue weighted by atomic mass is 10.2. The number of ether oxygens (including phenoxy) is 1. The third-order valence-electron chi connectivity index (χ3n) is 4.04. The zero-order valence-corrected chi connectivity index (χ0v) is 17.0. The molecule has 3 aromatic rings. The average molecular weight is 407 g/mol. The fraction of sp³-hybridized carbons (Fsp3) is 0.217. The Kier molecular flexibility index (Phi) is 7.10. The van der Waals surface area contributed by atoms with Crippen molar-refractivity contribution < 1.29 is 18.7 Å². The first-order chi connectivity index (χ1) is 14.5. The Labute approximate surface area is 175 Å². The van der Waals surface area contributed by atoms with Crippen molar-refractivity contribution in [3.8, 4) is 5.75 Å². The summed E-state index contributed by atoms with van der Waals surface area (Å²) >= 11 is 0. The van der Waals surface area contributed by atoms with Crippen molar-refractivity contribution in [3.63, 3.8) is 0 Å². The van der Waals surface area contributed by atoms with E-state index >= 15 is 0 Å². The van der Waals surface area contributed by atoms with Crippen LogP contribution in [0.5, 0.6) is 5.75 Å². The molecule has 0 fully saturated rings. The second kappa shape index (κ2) is 10.2. The molecule has 0 saturated carbocycles. The maximum atomic E-state index is 12.2. The van der Waals surface area contributed by atoms with Crippen LogP contribution in [-0.2, 0) is 4.79 Å². The van der Waals surface area contributed by atoms with Crippen LogP contribution in [0.15, 0.2) is 71.3 Å². The van der Waals surface area contributed by atoms with Crippen LogP contribution < -0.4 is 20.7 Å². The van der Waals surface area contributed by atoms with E-state index in [4.69, 9.17) is 9.15 Å². The first-order valence-electron chi connectivity index (χ1n) is 9.71. The van der Waals surface area contributed by atoms with Crippen LogP contribution in [0.2, 0.25) is 0 Å². The number of hydrogen-bond donors (Lipinski definition) is 3. The molecule has 0 saturated heterocycles. The number of carbonyl (C=O) groups excluding carboxylic acids is 2. The molecule has 0 spiro atoms. The minimum absolute atomic E-state index is 0.106. The van der Waals surface area contributed by atoms with Gasteiger partial charge in [-0.05, 0) is 60.5 Å². The van der Waals surface area contributed by atoms with Gasteiger partial charge in [0.15, 0.2) is 5.76 Å².